The fourth-order valence-corrected chi connectivity index (χ4v) is 6.01. The van der Waals surface area contributed by atoms with E-state index in [1.165, 1.54) is 0 Å². The van der Waals surface area contributed by atoms with Crippen molar-refractivity contribution >= 4 is 20.6 Å². The molecule has 0 N–H and O–H groups in total. The zero-order valence-electron chi connectivity index (χ0n) is 9.71. The van der Waals surface area contributed by atoms with Crippen molar-refractivity contribution in [3.8, 4) is 0 Å². The lowest BCUT2D eigenvalue weighted by Crippen LogP contribution is -2.33. The Hall–Kier alpha value is 0.620. The number of hydrogen-bond acceptors (Lipinski definition) is 2. The van der Waals surface area contributed by atoms with Crippen molar-refractivity contribution in [1.29, 1.82) is 0 Å². The van der Waals surface area contributed by atoms with Gasteiger partial charge in [-0.3, -0.25) is 4.31 Å². The lowest BCUT2D eigenvalue weighted by Gasteiger charge is -2.54. The molecule has 0 aliphatic carbocycles. The van der Waals surface area contributed by atoms with E-state index in [9.17, 15) is 0 Å². The summed E-state index contributed by atoms with van der Waals surface area (Å²) < 4.78 is 4.88. The van der Waals surface area contributed by atoms with Crippen LogP contribution >= 0.6 is 20.6 Å². The van der Waals surface area contributed by atoms with E-state index in [1.54, 1.807) is 0 Å². The molecule has 0 aromatic heterocycles. The summed E-state index contributed by atoms with van der Waals surface area (Å²) in [5.41, 5.74) is 0. The van der Waals surface area contributed by atoms with Crippen LogP contribution in [0, 0.1) is 0 Å². The van der Waals surface area contributed by atoms with Crippen molar-refractivity contribution in [3.63, 3.8) is 0 Å². The molecular formula is C8H24N2S2. The van der Waals surface area contributed by atoms with Crippen molar-refractivity contribution in [2.75, 3.05) is 52.4 Å². The summed E-state index contributed by atoms with van der Waals surface area (Å²) in [6.45, 7) is 0. The fourth-order valence-electron chi connectivity index (χ4n) is 0.777. The summed E-state index contributed by atoms with van der Waals surface area (Å²) in [5, 5.41) is 0. The van der Waals surface area contributed by atoms with E-state index in [-0.39, 0.29) is 0 Å². The van der Waals surface area contributed by atoms with E-state index in [4.69, 9.17) is 0 Å². The van der Waals surface area contributed by atoms with Gasteiger partial charge in [0.2, 0.25) is 0 Å². The standard InChI is InChI=1S/C8H24N2S2/c1-9(2)12(7,8)10(3)11(4,5)6/h1-8H3. The lowest BCUT2D eigenvalue weighted by atomic mass is 11.3. The third kappa shape index (κ3) is 2.83. The number of rotatable bonds is 3. The van der Waals surface area contributed by atoms with Gasteiger partial charge in [0.1, 0.15) is 0 Å². The van der Waals surface area contributed by atoms with Crippen LogP contribution in [0.15, 0.2) is 0 Å². The van der Waals surface area contributed by atoms with Crippen LogP contribution in [-0.2, 0) is 0 Å². The molecule has 0 aromatic carbocycles. The highest BCUT2D eigenvalue weighted by Crippen LogP contribution is 2.58. The molecule has 0 spiro atoms. The SMILES string of the molecule is CN(C)S(C)(C)N(C)S(C)(C)C. The molecule has 12 heavy (non-hydrogen) atoms. The lowest BCUT2D eigenvalue weighted by molar-refractivity contribution is 0.648. The summed E-state index contributed by atoms with van der Waals surface area (Å²) in [7, 11) is 5.26. The smallest absolute Gasteiger partial charge is 0.00666 e. The van der Waals surface area contributed by atoms with E-state index < -0.39 is 20.6 Å². The van der Waals surface area contributed by atoms with Crippen molar-refractivity contribution in [1.82, 2.24) is 8.02 Å². The Morgan fingerprint density at radius 1 is 0.750 bits per heavy atom. The van der Waals surface area contributed by atoms with Crippen molar-refractivity contribution in [2.45, 2.75) is 0 Å². The second-order valence-corrected chi connectivity index (χ2v) is 12.3. The number of hydrogen-bond donors (Lipinski definition) is 0. The molecule has 0 rings (SSSR count). The van der Waals surface area contributed by atoms with Gasteiger partial charge in [-0.25, -0.2) is 3.71 Å². The molecule has 0 heterocycles. The van der Waals surface area contributed by atoms with Crippen LogP contribution in [0.5, 0.6) is 0 Å². The zero-order chi connectivity index (χ0) is 10.2. The van der Waals surface area contributed by atoms with Crippen LogP contribution in [0.25, 0.3) is 0 Å². The highest BCUT2D eigenvalue weighted by atomic mass is 32.3. The first-order valence-corrected chi connectivity index (χ1v) is 9.11. The monoisotopic (exact) mass is 212 g/mol. The molecule has 0 radical (unpaired) electrons. The molecule has 0 aliphatic rings. The largest absolute Gasteiger partial charge is 0.262 e. The van der Waals surface area contributed by atoms with Crippen LogP contribution in [0.2, 0.25) is 0 Å². The first kappa shape index (κ1) is 12.6. The second-order valence-electron chi connectivity index (χ2n) is 4.24. The van der Waals surface area contributed by atoms with Gasteiger partial charge in [-0.2, -0.15) is 10.2 Å². The molecule has 78 valence electrons. The van der Waals surface area contributed by atoms with Gasteiger partial charge in [0.15, 0.2) is 0 Å². The van der Waals surface area contributed by atoms with Crippen LogP contribution in [-0.4, -0.2) is 60.4 Å². The Balaban J connectivity index is 4.57. The van der Waals surface area contributed by atoms with E-state index in [2.05, 4.69) is 60.4 Å². The van der Waals surface area contributed by atoms with Crippen LogP contribution in [0.3, 0.4) is 0 Å². The summed E-state index contributed by atoms with van der Waals surface area (Å²) >= 11 is 0. The quantitative estimate of drug-likeness (QED) is 0.706. The average Bonchev–Trinajstić information content (AvgIpc) is 1.83. The van der Waals surface area contributed by atoms with E-state index in [0.717, 1.165) is 0 Å². The van der Waals surface area contributed by atoms with Crippen LogP contribution in [0.4, 0.5) is 0 Å². The minimum atomic E-state index is -0.731. The topological polar surface area (TPSA) is 6.48 Å². The highest BCUT2D eigenvalue weighted by Gasteiger charge is 2.26. The molecule has 0 aromatic rings. The molecule has 0 atom stereocenters. The third-order valence-corrected chi connectivity index (χ3v) is 9.32. The van der Waals surface area contributed by atoms with Gasteiger partial charge < -0.3 is 0 Å². The zero-order valence-corrected chi connectivity index (χ0v) is 11.3. The third-order valence-electron chi connectivity index (χ3n) is 2.29. The highest BCUT2D eigenvalue weighted by molar-refractivity contribution is 8.43. The first-order valence-electron chi connectivity index (χ1n) is 3.93. The van der Waals surface area contributed by atoms with Gasteiger partial charge in [0, 0.05) is 7.05 Å². The first-order chi connectivity index (χ1) is 5.10. The van der Waals surface area contributed by atoms with E-state index in [1.807, 2.05) is 0 Å². The molecule has 0 bridgehead atoms. The molecule has 0 saturated heterocycles. The van der Waals surface area contributed by atoms with E-state index >= 15 is 0 Å². The van der Waals surface area contributed by atoms with Gasteiger partial charge >= 0.3 is 0 Å². The van der Waals surface area contributed by atoms with Gasteiger partial charge in [0.05, 0.1) is 0 Å². The minimum Gasteiger partial charge on any atom is -0.262 e. The maximum Gasteiger partial charge on any atom is 0.00666 e. The Kier molecular flexibility index (Phi) is 3.98. The van der Waals surface area contributed by atoms with Gasteiger partial charge in [-0.1, -0.05) is 0 Å². The maximum atomic E-state index is 2.54. The summed E-state index contributed by atoms with van der Waals surface area (Å²) in [4.78, 5) is 0. The Morgan fingerprint density at radius 3 is 1.17 bits per heavy atom. The normalized spacial score (nSPS) is 17.2. The Labute approximate surface area is 81.3 Å². The minimum absolute atomic E-state index is 0.577. The average molecular weight is 212 g/mol. The van der Waals surface area contributed by atoms with Gasteiger partial charge in [-0.05, 0) is 45.4 Å². The van der Waals surface area contributed by atoms with Crippen molar-refractivity contribution < 1.29 is 0 Å². The van der Waals surface area contributed by atoms with E-state index in [0.29, 0.717) is 0 Å². The summed E-state index contributed by atoms with van der Waals surface area (Å²) in [5.74, 6) is 0. The Bertz CT molecular complexity index is 150. The molecule has 2 nitrogen and oxygen atoms in total. The fraction of sp³-hybridized carbons (Fsp3) is 1.00. The van der Waals surface area contributed by atoms with Crippen molar-refractivity contribution in [2.24, 2.45) is 0 Å². The molecular weight excluding hydrogens is 188 g/mol. The predicted octanol–water partition coefficient (Wildman–Crippen LogP) is 1.98. The van der Waals surface area contributed by atoms with Gasteiger partial charge in [-0.15, -0.1) is 10.4 Å². The Morgan fingerprint density at radius 2 is 1.08 bits per heavy atom. The molecule has 0 fully saturated rings. The number of nitrogens with zero attached hydrogens (tertiary/aromatic N) is 2. The molecule has 0 unspecified atom stereocenters. The summed E-state index contributed by atoms with van der Waals surface area (Å²) in [6, 6.07) is 0. The molecule has 0 amide bonds. The maximum absolute atomic E-state index is 2.54. The molecule has 0 aliphatic heterocycles. The van der Waals surface area contributed by atoms with Crippen LogP contribution < -0.4 is 0 Å². The molecule has 0 saturated carbocycles. The van der Waals surface area contributed by atoms with Crippen LogP contribution in [0.1, 0.15) is 0 Å². The predicted molar refractivity (Wildman–Crippen MR) is 66.3 cm³/mol. The molecule has 4 heteroatoms. The summed E-state index contributed by atoms with van der Waals surface area (Å²) in [6.07, 6.45) is 11.7. The van der Waals surface area contributed by atoms with Crippen molar-refractivity contribution in [3.05, 3.63) is 0 Å². The second kappa shape index (κ2) is 3.78. The van der Waals surface area contributed by atoms with Gasteiger partial charge in [0.25, 0.3) is 0 Å².